The van der Waals surface area contributed by atoms with Crippen LogP contribution >= 0.6 is 0 Å². The Balaban J connectivity index is 1.46. The molecule has 1 amide bonds. The van der Waals surface area contributed by atoms with E-state index in [0.29, 0.717) is 11.4 Å². The first-order chi connectivity index (χ1) is 13.0. The molecule has 4 rings (SSSR count). The molecule has 2 aliphatic rings. The fourth-order valence-corrected chi connectivity index (χ4v) is 4.58. The van der Waals surface area contributed by atoms with E-state index in [2.05, 4.69) is 14.8 Å². The standard InChI is InChI=1S/C21H25FN4O/c22-17-6-4-16(5-7-17)13-25-11-2-8-21(14-25)9-12-26(15-21)20-18(19(23)27)3-1-10-24-20/h1,3-7,10H,2,8-9,11-15H2,(H2,23,27)/t21-/m1/s1. The number of piperidine rings is 1. The molecule has 1 spiro atoms. The summed E-state index contributed by atoms with van der Waals surface area (Å²) in [4.78, 5) is 20.9. The van der Waals surface area contributed by atoms with Crippen molar-refractivity contribution < 1.29 is 9.18 Å². The van der Waals surface area contributed by atoms with Gasteiger partial charge in [-0.1, -0.05) is 12.1 Å². The first kappa shape index (κ1) is 17.9. The number of hydrogen-bond acceptors (Lipinski definition) is 4. The van der Waals surface area contributed by atoms with Crippen molar-refractivity contribution in [1.82, 2.24) is 9.88 Å². The lowest BCUT2D eigenvalue weighted by atomic mass is 9.79. The van der Waals surface area contributed by atoms with E-state index in [1.165, 1.54) is 18.6 Å². The maximum atomic E-state index is 13.1. The van der Waals surface area contributed by atoms with Crippen molar-refractivity contribution in [1.29, 1.82) is 0 Å². The number of nitrogens with zero attached hydrogens (tertiary/aromatic N) is 3. The van der Waals surface area contributed by atoms with Gasteiger partial charge >= 0.3 is 0 Å². The van der Waals surface area contributed by atoms with Gasteiger partial charge in [0.1, 0.15) is 11.6 Å². The Labute approximate surface area is 159 Å². The average molecular weight is 368 g/mol. The van der Waals surface area contributed by atoms with Crippen LogP contribution < -0.4 is 10.6 Å². The Morgan fingerprint density at radius 2 is 1.96 bits per heavy atom. The lowest BCUT2D eigenvalue weighted by Crippen LogP contribution is -2.44. The Hall–Kier alpha value is -2.47. The second-order valence-corrected chi connectivity index (χ2v) is 7.85. The molecule has 0 saturated carbocycles. The van der Waals surface area contributed by atoms with Crippen LogP contribution in [0.15, 0.2) is 42.6 Å². The Morgan fingerprint density at radius 3 is 2.74 bits per heavy atom. The number of carbonyl (C=O) groups excluding carboxylic acids is 1. The van der Waals surface area contributed by atoms with Crippen LogP contribution in [-0.4, -0.2) is 42.0 Å². The van der Waals surface area contributed by atoms with Gasteiger partial charge in [-0.2, -0.15) is 0 Å². The molecule has 2 N–H and O–H groups in total. The molecule has 27 heavy (non-hydrogen) atoms. The second-order valence-electron chi connectivity index (χ2n) is 7.85. The fourth-order valence-electron chi connectivity index (χ4n) is 4.58. The molecule has 1 atom stereocenters. The van der Waals surface area contributed by atoms with Crippen LogP contribution in [0, 0.1) is 11.2 Å². The van der Waals surface area contributed by atoms with Gasteiger partial charge in [0.05, 0.1) is 5.56 Å². The van der Waals surface area contributed by atoms with Gasteiger partial charge in [0, 0.05) is 37.8 Å². The van der Waals surface area contributed by atoms with Gasteiger partial charge in [-0.05, 0) is 55.6 Å². The number of rotatable bonds is 4. The van der Waals surface area contributed by atoms with E-state index >= 15 is 0 Å². The average Bonchev–Trinajstić information content (AvgIpc) is 3.06. The summed E-state index contributed by atoms with van der Waals surface area (Å²) in [7, 11) is 0. The van der Waals surface area contributed by atoms with Gasteiger partial charge in [0.15, 0.2) is 0 Å². The first-order valence-corrected chi connectivity index (χ1v) is 9.51. The maximum absolute atomic E-state index is 13.1. The number of likely N-dealkylation sites (tertiary alicyclic amines) is 1. The van der Waals surface area contributed by atoms with E-state index < -0.39 is 5.91 Å². The quantitative estimate of drug-likeness (QED) is 0.901. The molecule has 0 bridgehead atoms. The Morgan fingerprint density at radius 1 is 1.15 bits per heavy atom. The van der Waals surface area contributed by atoms with E-state index in [-0.39, 0.29) is 11.2 Å². The largest absolute Gasteiger partial charge is 0.365 e. The second kappa shape index (κ2) is 7.27. The molecule has 2 saturated heterocycles. The summed E-state index contributed by atoms with van der Waals surface area (Å²) in [5.41, 5.74) is 7.38. The zero-order valence-electron chi connectivity index (χ0n) is 15.4. The van der Waals surface area contributed by atoms with Crippen molar-refractivity contribution in [3.8, 4) is 0 Å². The molecule has 2 fully saturated rings. The number of nitrogens with two attached hydrogens (primary N) is 1. The lowest BCUT2D eigenvalue weighted by Gasteiger charge is -2.40. The predicted molar refractivity (Wildman–Crippen MR) is 103 cm³/mol. The first-order valence-electron chi connectivity index (χ1n) is 9.51. The summed E-state index contributed by atoms with van der Waals surface area (Å²) >= 11 is 0. The van der Waals surface area contributed by atoms with Gasteiger partial charge in [0.25, 0.3) is 5.91 Å². The number of amides is 1. The van der Waals surface area contributed by atoms with Gasteiger partial charge in [0.2, 0.25) is 0 Å². The highest BCUT2D eigenvalue weighted by molar-refractivity contribution is 5.97. The van der Waals surface area contributed by atoms with E-state index in [9.17, 15) is 9.18 Å². The summed E-state index contributed by atoms with van der Waals surface area (Å²) < 4.78 is 13.1. The molecular weight excluding hydrogens is 343 g/mol. The molecule has 1 aromatic heterocycles. The molecular formula is C21H25FN4O. The highest BCUT2D eigenvalue weighted by Gasteiger charge is 2.42. The van der Waals surface area contributed by atoms with Crippen molar-refractivity contribution in [2.45, 2.75) is 25.8 Å². The number of hydrogen-bond donors (Lipinski definition) is 1. The fraction of sp³-hybridized carbons (Fsp3) is 0.429. The molecule has 142 valence electrons. The minimum atomic E-state index is -0.430. The van der Waals surface area contributed by atoms with Crippen LogP contribution in [0.1, 0.15) is 35.2 Å². The minimum Gasteiger partial charge on any atom is -0.365 e. The molecule has 2 aromatic rings. The maximum Gasteiger partial charge on any atom is 0.252 e. The van der Waals surface area contributed by atoms with Crippen molar-refractivity contribution in [2.75, 3.05) is 31.1 Å². The zero-order chi connectivity index (χ0) is 18.9. The molecule has 1 aromatic carbocycles. The number of carbonyl (C=O) groups is 1. The van der Waals surface area contributed by atoms with Crippen LogP contribution in [0.5, 0.6) is 0 Å². The number of halogens is 1. The van der Waals surface area contributed by atoms with Crippen LogP contribution in [0.3, 0.4) is 0 Å². The number of anilines is 1. The van der Waals surface area contributed by atoms with Crippen molar-refractivity contribution in [3.63, 3.8) is 0 Å². The molecule has 3 heterocycles. The summed E-state index contributed by atoms with van der Waals surface area (Å²) in [5.74, 6) is 0.0825. The molecule has 0 aliphatic carbocycles. The molecule has 0 radical (unpaired) electrons. The third kappa shape index (κ3) is 3.81. The normalized spacial score (nSPS) is 23.1. The number of pyridine rings is 1. The van der Waals surface area contributed by atoms with Gasteiger partial charge in [-0.3, -0.25) is 9.69 Å². The monoisotopic (exact) mass is 368 g/mol. The van der Waals surface area contributed by atoms with E-state index in [0.717, 1.165) is 51.1 Å². The number of primary amides is 1. The van der Waals surface area contributed by atoms with Crippen molar-refractivity contribution in [3.05, 3.63) is 59.5 Å². The SMILES string of the molecule is NC(=O)c1cccnc1N1CC[C@@]2(CCCN(Cc3ccc(F)cc3)C2)C1. The summed E-state index contributed by atoms with van der Waals surface area (Å²) in [5, 5.41) is 0. The van der Waals surface area contributed by atoms with Crippen LogP contribution in [0.4, 0.5) is 10.2 Å². The van der Waals surface area contributed by atoms with Gasteiger partial charge < -0.3 is 10.6 Å². The topological polar surface area (TPSA) is 62.5 Å². The molecule has 2 aliphatic heterocycles. The van der Waals surface area contributed by atoms with Crippen molar-refractivity contribution in [2.24, 2.45) is 11.1 Å². The van der Waals surface area contributed by atoms with E-state index in [1.807, 2.05) is 12.1 Å². The van der Waals surface area contributed by atoms with Crippen molar-refractivity contribution >= 4 is 11.7 Å². The van der Waals surface area contributed by atoms with Crippen LogP contribution in [0.25, 0.3) is 0 Å². The summed E-state index contributed by atoms with van der Waals surface area (Å²) in [6, 6.07) is 10.3. The van der Waals surface area contributed by atoms with Gasteiger partial charge in [-0.25, -0.2) is 9.37 Å². The third-order valence-corrected chi connectivity index (χ3v) is 5.85. The van der Waals surface area contributed by atoms with Crippen LogP contribution in [0.2, 0.25) is 0 Å². The highest BCUT2D eigenvalue weighted by atomic mass is 19.1. The number of benzene rings is 1. The molecule has 5 nitrogen and oxygen atoms in total. The Bertz CT molecular complexity index is 825. The Kier molecular flexibility index (Phi) is 4.83. The van der Waals surface area contributed by atoms with E-state index in [4.69, 9.17) is 5.73 Å². The summed E-state index contributed by atoms with van der Waals surface area (Å²) in [6.45, 7) is 4.71. The van der Waals surface area contributed by atoms with Gasteiger partial charge in [-0.15, -0.1) is 0 Å². The number of aromatic nitrogens is 1. The predicted octanol–water partition coefficient (Wildman–Crippen LogP) is 2.81. The smallest absolute Gasteiger partial charge is 0.252 e. The minimum absolute atomic E-state index is 0.194. The zero-order valence-corrected chi connectivity index (χ0v) is 15.4. The molecule has 0 unspecified atom stereocenters. The van der Waals surface area contributed by atoms with Crippen LogP contribution in [-0.2, 0) is 6.54 Å². The highest BCUT2D eigenvalue weighted by Crippen LogP contribution is 2.41. The van der Waals surface area contributed by atoms with E-state index in [1.54, 1.807) is 18.3 Å². The lowest BCUT2D eigenvalue weighted by molar-refractivity contribution is 0.0986. The third-order valence-electron chi connectivity index (χ3n) is 5.85. The molecule has 6 heteroatoms. The summed E-state index contributed by atoms with van der Waals surface area (Å²) in [6.07, 6.45) is 5.14.